The van der Waals surface area contributed by atoms with Gasteiger partial charge in [-0.3, -0.25) is 0 Å². The van der Waals surface area contributed by atoms with Crippen LogP contribution in [0.5, 0.6) is 0 Å². The standard InChI is InChI=1S/C5H2F7I/c6-3(7,1-2-13)4(8,9)5(10,11)12/h1-2H. The minimum absolute atomic E-state index is 0.400. The predicted molar refractivity (Wildman–Crippen MR) is 39.1 cm³/mol. The fourth-order valence-corrected chi connectivity index (χ4v) is 0.824. The van der Waals surface area contributed by atoms with Gasteiger partial charge in [0.1, 0.15) is 0 Å². The average molecular weight is 322 g/mol. The molecule has 0 radical (unpaired) electrons. The van der Waals surface area contributed by atoms with E-state index in [-0.39, 0.29) is 0 Å². The Labute approximate surface area is 81.9 Å². The molecule has 0 nitrogen and oxygen atoms in total. The summed E-state index contributed by atoms with van der Waals surface area (Å²) in [5, 5.41) is 0. The molecule has 0 rings (SSSR count). The molecule has 0 aromatic heterocycles. The average Bonchev–Trinajstić information content (AvgIpc) is 1.84. The Morgan fingerprint density at radius 3 is 1.46 bits per heavy atom. The van der Waals surface area contributed by atoms with Crippen LogP contribution in [0.15, 0.2) is 10.2 Å². The number of allylic oxidation sites excluding steroid dienone is 1. The molecule has 0 amide bonds. The molecular formula is C5H2F7I. The molecule has 0 N–H and O–H groups in total. The third-order valence-electron chi connectivity index (χ3n) is 1.05. The molecule has 0 bridgehead atoms. The van der Waals surface area contributed by atoms with Crippen LogP contribution >= 0.6 is 22.6 Å². The van der Waals surface area contributed by atoms with Crippen LogP contribution in [0.4, 0.5) is 30.7 Å². The molecule has 0 saturated heterocycles. The van der Waals surface area contributed by atoms with Crippen molar-refractivity contribution in [1.82, 2.24) is 0 Å². The second-order valence-corrected chi connectivity index (χ2v) is 2.71. The van der Waals surface area contributed by atoms with Crippen LogP contribution in [0, 0.1) is 0 Å². The Bertz CT molecular complexity index is 203. The maximum atomic E-state index is 12.1. The molecule has 0 aromatic carbocycles. The normalized spacial score (nSPS) is 15.4. The van der Waals surface area contributed by atoms with Crippen molar-refractivity contribution in [3.63, 3.8) is 0 Å². The van der Waals surface area contributed by atoms with Crippen LogP contribution in [0.3, 0.4) is 0 Å². The molecule has 8 heteroatoms. The second kappa shape index (κ2) is 3.62. The highest BCUT2D eigenvalue weighted by atomic mass is 127. The van der Waals surface area contributed by atoms with E-state index in [1.807, 2.05) is 0 Å². The van der Waals surface area contributed by atoms with Crippen LogP contribution in [-0.4, -0.2) is 18.0 Å². The number of hydrogen-bond donors (Lipinski definition) is 0. The van der Waals surface area contributed by atoms with E-state index in [0.717, 1.165) is 22.6 Å². The van der Waals surface area contributed by atoms with E-state index in [1.54, 1.807) is 0 Å². The van der Waals surface area contributed by atoms with Gasteiger partial charge in [-0.25, -0.2) is 0 Å². The van der Waals surface area contributed by atoms with E-state index in [4.69, 9.17) is 0 Å². The Hall–Kier alpha value is -0.0200. The van der Waals surface area contributed by atoms with Crippen molar-refractivity contribution in [2.75, 3.05) is 0 Å². The molecule has 0 heterocycles. The lowest BCUT2D eigenvalue weighted by Gasteiger charge is -2.25. The maximum Gasteiger partial charge on any atom is 0.460 e. The maximum absolute atomic E-state index is 12.1. The zero-order valence-electron chi connectivity index (χ0n) is 5.68. The summed E-state index contributed by atoms with van der Waals surface area (Å²) in [7, 11) is 0. The molecule has 0 atom stereocenters. The molecule has 13 heavy (non-hydrogen) atoms. The molecule has 0 fully saturated rings. The molecule has 0 aliphatic rings. The third kappa shape index (κ3) is 2.47. The quantitative estimate of drug-likeness (QED) is 0.536. The summed E-state index contributed by atoms with van der Waals surface area (Å²) in [4.78, 5) is 0. The molecule has 78 valence electrons. The molecule has 0 saturated carbocycles. The van der Waals surface area contributed by atoms with Crippen LogP contribution in [0.25, 0.3) is 0 Å². The van der Waals surface area contributed by atoms with Crippen LogP contribution < -0.4 is 0 Å². The van der Waals surface area contributed by atoms with E-state index in [2.05, 4.69) is 0 Å². The molecule has 0 spiro atoms. The van der Waals surface area contributed by atoms with Gasteiger partial charge in [-0.2, -0.15) is 30.7 Å². The van der Waals surface area contributed by atoms with Crippen molar-refractivity contribution in [2.24, 2.45) is 0 Å². The van der Waals surface area contributed by atoms with Crippen LogP contribution in [0.1, 0.15) is 0 Å². The largest absolute Gasteiger partial charge is 0.460 e. The van der Waals surface area contributed by atoms with Gasteiger partial charge >= 0.3 is 18.0 Å². The van der Waals surface area contributed by atoms with Gasteiger partial charge in [0.15, 0.2) is 0 Å². The van der Waals surface area contributed by atoms with Crippen molar-refractivity contribution in [3.05, 3.63) is 10.2 Å². The van der Waals surface area contributed by atoms with Gasteiger partial charge in [-0.1, -0.05) is 22.6 Å². The zero-order valence-corrected chi connectivity index (χ0v) is 7.84. The lowest BCUT2D eigenvalue weighted by atomic mass is 10.1. The van der Waals surface area contributed by atoms with E-state index >= 15 is 0 Å². The van der Waals surface area contributed by atoms with Gasteiger partial charge in [0.05, 0.1) is 0 Å². The number of hydrogen-bond acceptors (Lipinski definition) is 0. The monoisotopic (exact) mass is 322 g/mol. The molecule has 0 aromatic rings. The highest BCUT2D eigenvalue weighted by Crippen LogP contribution is 2.47. The summed E-state index contributed by atoms with van der Waals surface area (Å²) < 4.78 is 82.8. The lowest BCUT2D eigenvalue weighted by molar-refractivity contribution is -0.341. The number of rotatable bonds is 2. The third-order valence-corrected chi connectivity index (χ3v) is 1.41. The van der Waals surface area contributed by atoms with Gasteiger partial charge in [0, 0.05) is 0 Å². The lowest BCUT2D eigenvalue weighted by Crippen LogP contribution is -2.50. The fraction of sp³-hybridized carbons (Fsp3) is 0.600. The van der Waals surface area contributed by atoms with E-state index in [0.29, 0.717) is 4.08 Å². The summed E-state index contributed by atoms with van der Waals surface area (Å²) in [6.45, 7) is 0. The van der Waals surface area contributed by atoms with Crippen molar-refractivity contribution in [2.45, 2.75) is 18.0 Å². The topological polar surface area (TPSA) is 0 Å². The van der Waals surface area contributed by atoms with Crippen molar-refractivity contribution >= 4 is 22.6 Å². The highest BCUT2D eigenvalue weighted by molar-refractivity contribution is 14.1. The highest BCUT2D eigenvalue weighted by Gasteiger charge is 2.71. The van der Waals surface area contributed by atoms with Crippen molar-refractivity contribution in [3.8, 4) is 0 Å². The van der Waals surface area contributed by atoms with E-state index < -0.39 is 24.1 Å². The predicted octanol–water partition coefficient (Wildman–Crippen LogP) is 3.77. The number of alkyl halides is 7. The summed E-state index contributed by atoms with van der Waals surface area (Å²) in [5.74, 6) is -11.3. The van der Waals surface area contributed by atoms with Gasteiger partial charge < -0.3 is 0 Å². The van der Waals surface area contributed by atoms with Gasteiger partial charge in [-0.05, 0) is 10.2 Å². The van der Waals surface area contributed by atoms with Crippen molar-refractivity contribution < 1.29 is 30.7 Å². The van der Waals surface area contributed by atoms with Crippen LogP contribution in [-0.2, 0) is 0 Å². The smallest absolute Gasteiger partial charge is 0.195 e. The summed E-state index contributed by atoms with van der Waals surface area (Å²) in [6.07, 6.45) is -6.76. The van der Waals surface area contributed by atoms with Gasteiger partial charge in [-0.15, -0.1) is 0 Å². The molecular weight excluding hydrogens is 320 g/mol. The second-order valence-electron chi connectivity index (χ2n) is 1.99. The zero-order chi connectivity index (χ0) is 10.9. The Balaban J connectivity index is 5.03. The number of halogens is 8. The van der Waals surface area contributed by atoms with E-state index in [1.165, 1.54) is 0 Å². The van der Waals surface area contributed by atoms with Crippen molar-refractivity contribution in [1.29, 1.82) is 0 Å². The Kier molecular flexibility index (Phi) is 3.61. The first-order valence-corrected chi connectivity index (χ1v) is 3.91. The molecule has 0 aliphatic heterocycles. The Morgan fingerprint density at radius 1 is 0.846 bits per heavy atom. The first kappa shape index (κ1) is 13.0. The fourth-order valence-electron chi connectivity index (χ4n) is 0.373. The van der Waals surface area contributed by atoms with Gasteiger partial charge in [0.2, 0.25) is 0 Å². The first-order chi connectivity index (χ1) is 5.56. The summed E-state index contributed by atoms with van der Waals surface area (Å²) in [5.41, 5.74) is 0. The SMILES string of the molecule is FC(F)(F)C(F)(F)C(F)(F)C=CI. The first-order valence-electron chi connectivity index (χ1n) is 2.66. The summed E-state index contributed by atoms with van der Waals surface area (Å²) >= 11 is 1.12. The van der Waals surface area contributed by atoms with Gasteiger partial charge in [0.25, 0.3) is 0 Å². The Morgan fingerprint density at radius 2 is 1.23 bits per heavy atom. The van der Waals surface area contributed by atoms with E-state index in [9.17, 15) is 30.7 Å². The molecule has 0 aliphatic carbocycles. The minimum atomic E-state index is -6.26. The van der Waals surface area contributed by atoms with Crippen LogP contribution in [0.2, 0.25) is 0 Å². The molecule has 0 unspecified atom stereocenters. The minimum Gasteiger partial charge on any atom is -0.195 e. The summed E-state index contributed by atoms with van der Waals surface area (Å²) in [6, 6.07) is 0.